The minimum absolute atomic E-state index is 0.0809. The molecule has 1 N–H and O–H groups in total. The number of likely N-dealkylation sites (tertiary alicyclic amines) is 1. The van der Waals surface area contributed by atoms with Crippen LogP contribution in [0, 0.1) is 5.92 Å². The molecule has 1 aliphatic heterocycles. The molecule has 1 fully saturated rings. The highest BCUT2D eigenvalue weighted by atomic mass is 16.2. The number of piperidine rings is 1. The predicted octanol–water partition coefficient (Wildman–Crippen LogP) is 1.77. The second-order valence-electron chi connectivity index (χ2n) is 5.21. The Morgan fingerprint density at radius 3 is 2.65 bits per heavy atom. The number of unbranched alkanes of at least 4 members (excludes halogenated alkanes) is 1. The predicted molar refractivity (Wildman–Crippen MR) is 71.2 cm³/mol. The molecule has 2 amide bonds. The van der Waals surface area contributed by atoms with Crippen molar-refractivity contribution in [3.63, 3.8) is 0 Å². The van der Waals surface area contributed by atoms with E-state index >= 15 is 0 Å². The van der Waals surface area contributed by atoms with E-state index in [-0.39, 0.29) is 6.03 Å². The van der Waals surface area contributed by atoms with E-state index in [1.807, 2.05) is 11.9 Å². The van der Waals surface area contributed by atoms with Crippen molar-refractivity contribution >= 4 is 6.03 Å². The van der Waals surface area contributed by atoms with E-state index in [2.05, 4.69) is 24.2 Å². The first-order valence-corrected chi connectivity index (χ1v) is 6.81. The van der Waals surface area contributed by atoms with Gasteiger partial charge < -0.3 is 15.1 Å². The van der Waals surface area contributed by atoms with Crippen molar-refractivity contribution in [1.82, 2.24) is 15.1 Å². The molecular formula is C13H27N3O. The zero-order chi connectivity index (χ0) is 12.7. The van der Waals surface area contributed by atoms with Crippen molar-refractivity contribution in [3.8, 4) is 0 Å². The fourth-order valence-electron chi connectivity index (χ4n) is 2.22. The lowest BCUT2D eigenvalue weighted by Crippen LogP contribution is -2.42. The monoisotopic (exact) mass is 241 g/mol. The lowest BCUT2D eigenvalue weighted by Gasteiger charge is -2.31. The number of carbonyl (C=O) groups excluding carboxylic acids is 1. The highest BCUT2D eigenvalue weighted by molar-refractivity contribution is 5.73. The summed E-state index contributed by atoms with van der Waals surface area (Å²) in [5.41, 5.74) is 0. The molecule has 1 heterocycles. The maximum absolute atomic E-state index is 11.8. The Kier molecular flexibility index (Phi) is 6.34. The van der Waals surface area contributed by atoms with Gasteiger partial charge in [-0.2, -0.15) is 0 Å². The summed E-state index contributed by atoms with van der Waals surface area (Å²) in [7, 11) is 4.07. The second-order valence-corrected chi connectivity index (χ2v) is 5.21. The van der Waals surface area contributed by atoms with Gasteiger partial charge in [0.15, 0.2) is 0 Å². The van der Waals surface area contributed by atoms with Crippen LogP contribution in [0.1, 0.15) is 32.6 Å². The molecule has 4 heteroatoms. The molecule has 0 aliphatic carbocycles. The van der Waals surface area contributed by atoms with E-state index in [0.29, 0.717) is 5.92 Å². The average Bonchev–Trinajstić information content (AvgIpc) is 2.32. The minimum Gasteiger partial charge on any atom is -0.338 e. The third-order valence-electron chi connectivity index (χ3n) is 3.52. The van der Waals surface area contributed by atoms with Gasteiger partial charge in [-0.1, -0.05) is 13.3 Å². The Hall–Kier alpha value is -0.770. The third-order valence-corrected chi connectivity index (χ3v) is 3.52. The Bertz CT molecular complexity index is 225. The largest absolute Gasteiger partial charge is 0.338 e. The van der Waals surface area contributed by atoms with Gasteiger partial charge in [-0.3, -0.25) is 0 Å². The van der Waals surface area contributed by atoms with Gasteiger partial charge in [-0.15, -0.1) is 0 Å². The minimum atomic E-state index is 0.0809. The van der Waals surface area contributed by atoms with Crippen LogP contribution in [0.25, 0.3) is 0 Å². The molecule has 4 nitrogen and oxygen atoms in total. The summed E-state index contributed by atoms with van der Waals surface area (Å²) in [5, 5.41) is 2.96. The topological polar surface area (TPSA) is 35.6 Å². The molecule has 1 saturated heterocycles. The maximum atomic E-state index is 11.8. The van der Waals surface area contributed by atoms with Gasteiger partial charge in [0, 0.05) is 20.1 Å². The van der Waals surface area contributed by atoms with E-state index in [9.17, 15) is 4.79 Å². The number of rotatable bonds is 5. The highest BCUT2D eigenvalue weighted by Crippen LogP contribution is 2.16. The lowest BCUT2D eigenvalue weighted by molar-refractivity contribution is 0.170. The summed E-state index contributed by atoms with van der Waals surface area (Å²) in [6.45, 7) is 6.15. The quantitative estimate of drug-likeness (QED) is 0.745. The lowest BCUT2D eigenvalue weighted by atomic mass is 9.97. The van der Waals surface area contributed by atoms with E-state index in [1.165, 1.54) is 12.8 Å². The van der Waals surface area contributed by atoms with E-state index in [4.69, 9.17) is 0 Å². The molecule has 0 bridgehead atoms. The van der Waals surface area contributed by atoms with Crippen LogP contribution in [0.4, 0.5) is 4.79 Å². The number of hydrogen-bond donors (Lipinski definition) is 1. The standard InChI is InChI=1S/C13H27N3O/c1-4-5-8-14-13(17)16(3)11-12-6-9-15(2)10-7-12/h12H,4-11H2,1-3H3,(H,14,17). The van der Waals surface area contributed by atoms with Crippen LogP contribution in [-0.4, -0.2) is 56.1 Å². The van der Waals surface area contributed by atoms with Gasteiger partial charge in [0.2, 0.25) is 0 Å². The molecule has 100 valence electrons. The molecule has 0 atom stereocenters. The highest BCUT2D eigenvalue weighted by Gasteiger charge is 2.19. The summed E-state index contributed by atoms with van der Waals surface area (Å²) in [6.07, 6.45) is 4.61. The van der Waals surface area contributed by atoms with Crippen molar-refractivity contribution in [2.45, 2.75) is 32.6 Å². The van der Waals surface area contributed by atoms with Crippen LogP contribution in [-0.2, 0) is 0 Å². The summed E-state index contributed by atoms with van der Waals surface area (Å²) in [5.74, 6) is 0.674. The van der Waals surface area contributed by atoms with Crippen LogP contribution >= 0.6 is 0 Å². The van der Waals surface area contributed by atoms with Crippen molar-refractivity contribution < 1.29 is 4.79 Å². The summed E-state index contributed by atoms with van der Waals surface area (Å²) < 4.78 is 0. The van der Waals surface area contributed by atoms with Gasteiger partial charge in [0.05, 0.1) is 0 Å². The van der Waals surface area contributed by atoms with E-state index in [1.54, 1.807) is 0 Å². The zero-order valence-electron chi connectivity index (χ0n) is 11.5. The fourth-order valence-corrected chi connectivity index (χ4v) is 2.22. The molecule has 0 unspecified atom stereocenters. The molecule has 0 radical (unpaired) electrons. The van der Waals surface area contributed by atoms with Crippen LogP contribution in [0.3, 0.4) is 0 Å². The molecule has 1 aliphatic rings. The molecule has 0 spiro atoms. The van der Waals surface area contributed by atoms with Crippen LogP contribution in [0.15, 0.2) is 0 Å². The van der Waals surface area contributed by atoms with E-state index < -0.39 is 0 Å². The zero-order valence-corrected chi connectivity index (χ0v) is 11.5. The van der Waals surface area contributed by atoms with Crippen LogP contribution in [0.5, 0.6) is 0 Å². The number of amides is 2. The van der Waals surface area contributed by atoms with Crippen molar-refractivity contribution in [3.05, 3.63) is 0 Å². The number of hydrogen-bond acceptors (Lipinski definition) is 2. The molecular weight excluding hydrogens is 214 g/mol. The first-order chi connectivity index (χ1) is 8.13. The molecule has 0 aromatic heterocycles. The average molecular weight is 241 g/mol. The number of urea groups is 1. The van der Waals surface area contributed by atoms with Crippen molar-refractivity contribution in [2.24, 2.45) is 5.92 Å². The number of nitrogens with zero attached hydrogens (tertiary/aromatic N) is 2. The number of nitrogens with one attached hydrogen (secondary N) is 1. The summed E-state index contributed by atoms with van der Waals surface area (Å²) in [6, 6.07) is 0.0809. The Labute approximate surface area is 105 Å². The van der Waals surface area contributed by atoms with Gasteiger partial charge in [0.1, 0.15) is 0 Å². The maximum Gasteiger partial charge on any atom is 0.317 e. The Morgan fingerprint density at radius 1 is 1.41 bits per heavy atom. The summed E-state index contributed by atoms with van der Waals surface area (Å²) in [4.78, 5) is 16.0. The molecule has 17 heavy (non-hydrogen) atoms. The molecule has 0 aromatic rings. The fraction of sp³-hybridized carbons (Fsp3) is 0.923. The van der Waals surface area contributed by atoms with Gasteiger partial charge in [-0.05, 0) is 45.3 Å². The Morgan fingerprint density at radius 2 is 2.06 bits per heavy atom. The normalized spacial score (nSPS) is 18.1. The smallest absolute Gasteiger partial charge is 0.317 e. The molecule has 0 saturated carbocycles. The molecule has 0 aromatic carbocycles. The summed E-state index contributed by atoms with van der Waals surface area (Å²) >= 11 is 0. The Balaban J connectivity index is 2.19. The van der Waals surface area contributed by atoms with E-state index in [0.717, 1.165) is 39.0 Å². The van der Waals surface area contributed by atoms with Crippen molar-refractivity contribution in [2.75, 3.05) is 40.3 Å². The van der Waals surface area contributed by atoms with Crippen LogP contribution in [0.2, 0.25) is 0 Å². The number of carbonyl (C=O) groups is 1. The first-order valence-electron chi connectivity index (χ1n) is 6.81. The van der Waals surface area contributed by atoms with Gasteiger partial charge in [-0.25, -0.2) is 4.79 Å². The SMILES string of the molecule is CCCCNC(=O)N(C)CC1CCN(C)CC1. The first kappa shape index (κ1) is 14.3. The molecule has 1 rings (SSSR count). The van der Waals surface area contributed by atoms with Gasteiger partial charge >= 0.3 is 6.03 Å². The van der Waals surface area contributed by atoms with Gasteiger partial charge in [0.25, 0.3) is 0 Å². The van der Waals surface area contributed by atoms with Crippen LogP contribution < -0.4 is 5.32 Å². The third kappa shape index (κ3) is 5.39. The van der Waals surface area contributed by atoms with Crippen molar-refractivity contribution in [1.29, 1.82) is 0 Å². The second kappa shape index (κ2) is 7.54.